The van der Waals surface area contributed by atoms with Gasteiger partial charge in [0, 0.05) is 11.8 Å². The van der Waals surface area contributed by atoms with Crippen LogP contribution in [0, 0.1) is 17.8 Å². The van der Waals surface area contributed by atoms with E-state index in [2.05, 4.69) is 0 Å². The zero-order valence-corrected chi connectivity index (χ0v) is 11.1. The molecule has 7 nitrogen and oxygen atoms in total. The first-order valence-corrected chi connectivity index (χ1v) is 6.28. The lowest BCUT2D eigenvalue weighted by atomic mass is 9.75. The Morgan fingerprint density at radius 1 is 1.35 bits per heavy atom. The highest BCUT2D eigenvalue weighted by Gasteiger charge is 2.41. The third kappa shape index (κ3) is 4.06. The van der Waals surface area contributed by atoms with Gasteiger partial charge in [0.1, 0.15) is 18.6 Å². The Kier molecular flexibility index (Phi) is 6.17. The summed E-state index contributed by atoms with van der Waals surface area (Å²) in [7, 11) is 0. The summed E-state index contributed by atoms with van der Waals surface area (Å²) in [6, 6.07) is 0. The minimum atomic E-state index is -1.13. The lowest BCUT2D eigenvalue weighted by Crippen LogP contribution is -2.42. The highest BCUT2D eigenvalue weighted by atomic mass is 16.5. The molecule has 0 amide bonds. The van der Waals surface area contributed by atoms with Gasteiger partial charge in [0.2, 0.25) is 0 Å². The van der Waals surface area contributed by atoms with Gasteiger partial charge in [-0.3, -0.25) is 14.4 Å². The van der Waals surface area contributed by atoms with Crippen LogP contribution in [0.4, 0.5) is 0 Å². The highest BCUT2D eigenvalue weighted by Crippen LogP contribution is 2.33. The smallest absolute Gasteiger partial charge is 0.310 e. The van der Waals surface area contributed by atoms with Gasteiger partial charge in [-0.1, -0.05) is 19.1 Å². The molecule has 0 bridgehead atoms. The van der Waals surface area contributed by atoms with Crippen molar-refractivity contribution in [1.82, 2.24) is 0 Å². The van der Waals surface area contributed by atoms with Crippen LogP contribution < -0.4 is 0 Å². The molecule has 20 heavy (non-hydrogen) atoms. The highest BCUT2D eigenvalue weighted by molar-refractivity contribution is 5.75. The van der Waals surface area contributed by atoms with Gasteiger partial charge in [0.05, 0.1) is 13.0 Å². The van der Waals surface area contributed by atoms with Crippen molar-refractivity contribution in [3.8, 4) is 0 Å². The first kappa shape index (κ1) is 16.2. The third-order valence-corrected chi connectivity index (χ3v) is 3.25. The Balaban J connectivity index is 2.81. The summed E-state index contributed by atoms with van der Waals surface area (Å²) in [6.45, 7) is 1.54. The van der Waals surface area contributed by atoms with Crippen molar-refractivity contribution in [2.45, 2.75) is 19.4 Å². The molecule has 0 radical (unpaired) electrons. The maximum atomic E-state index is 11.5. The van der Waals surface area contributed by atoms with E-state index in [1.165, 1.54) is 0 Å². The summed E-state index contributed by atoms with van der Waals surface area (Å²) in [5, 5.41) is 17.9. The van der Waals surface area contributed by atoms with E-state index >= 15 is 0 Å². The summed E-state index contributed by atoms with van der Waals surface area (Å²) < 4.78 is 9.58. The van der Waals surface area contributed by atoms with Crippen LogP contribution in [0.15, 0.2) is 12.2 Å². The van der Waals surface area contributed by atoms with Gasteiger partial charge < -0.3 is 19.7 Å². The standard InChI is InChI=1S/C13H18O7/c1-8-2-3-9(6-10(16)19-5-4-14)11(13(17)18)12(8)20-7-15/h2-3,7-9,11-12,14H,4-6H2,1H3,(H,17,18). The van der Waals surface area contributed by atoms with Crippen LogP contribution in [-0.4, -0.2) is 47.9 Å². The number of carboxylic acids is 1. The van der Waals surface area contributed by atoms with Crippen molar-refractivity contribution in [1.29, 1.82) is 0 Å². The van der Waals surface area contributed by atoms with E-state index < -0.39 is 29.9 Å². The molecule has 0 saturated heterocycles. The van der Waals surface area contributed by atoms with Gasteiger partial charge >= 0.3 is 11.9 Å². The molecule has 2 N–H and O–H groups in total. The van der Waals surface area contributed by atoms with Crippen LogP contribution in [0.3, 0.4) is 0 Å². The molecule has 0 heterocycles. The molecule has 1 aliphatic carbocycles. The van der Waals surface area contributed by atoms with Crippen LogP contribution in [0.2, 0.25) is 0 Å². The number of hydrogen-bond donors (Lipinski definition) is 2. The van der Waals surface area contributed by atoms with Crippen molar-refractivity contribution in [3.05, 3.63) is 12.2 Å². The minimum Gasteiger partial charge on any atom is -0.481 e. The Hall–Kier alpha value is -1.89. The predicted molar refractivity (Wildman–Crippen MR) is 66.5 cm³/mol. The van der Waals surface area contributed by atoms with E-state index in [0.29, 0.717) is 0 Å². The van der Waals surface area contributed by atoms with Crippen molar-refractivity contribution in [2.75, 3.05) is 13.2 Å². The molecule has 1 rings (SSSR count). The van der Waals surface area contributed by atoms with Gasteiger partial charge in [-0.15, -0.1) is 0 Å². The van der Waals surface area contributed by atoms with Crippen molar-refractivity contribution >= 4 is 18.4 Å². The molecule has 0 fully saturated rings. The monoisotopic (exact) mass is 286 g/mol. The molecule has 0 aromatic rings. The number of carbonyl (C=O) groups excluding carboxylic acids is 2. The van der Waals surface area contributed by atoms with E-state index in [1.54, 1.807) is 19.1 Å². The number of hydrogen-bond acceptors (Lipinski definition) is 6. The fourth-order valence-electron chi connectivity index (χ4n) is 2.32. The van der Waals surface area contributed by atoms with Gasteiger partial charge in [-0.05, 0) is 0 Å². The Labute approximate surface area is 116 Å². The Morgan fingerprint density at radius 3 is 2.60 bits per heavy atom. The lowest BCUT2D eigenvalue weighted by Gasteiger charge is -2.34. The number of rotatable bonds is 7. The third-order valence-electron chi connectivity index (χ3n) is 3.25. The summed E-state index contributed by atoms with van der Waals surface area (Å²) in [5.74, 6) is -3.58. The molecule has 4 unspecified atom stereocenters. The summed E-state index contributed by atoms with van der Waals surface area (Å²) >= 11 is 0. The van der Waals surface area contributed by atoms with E-state index in [4.69, 9.17) is 14.6 Å². The first-order chi connectivity index (χ1) is 9.51. The molecule has 0 aromatic carbocycles. The first-order valence-electron chi connectivity index (χ1n) is 6.28. The number of carbonyl (C=O) groups is 3. The van der Waals surface area contributed by atoms with E-state index in [-0.39, 0.29) is 32.0 Å². The molecule has 0 aliphatic heterocycles. The SMILES string of the molecule is CC1C=CC(CC(=O)OCCO)C(C(=O)O)C1OC=O. The molecular formula is C13H18O7. The van der Waals surface area contributed by atoms with Crippen LogP contribution in [0.5, 0.6) is 0 Å². The molecule has 0 aromatic heterocycles. The van der Waals surface area contributed by atoms with E-state index in [0.717, 1.165) is 0 Å². The fourth-order valence-corrected chi connectivity index (χ4v) is 2.32. The molecule has 112 valence electrons. The number of allylic oxidation sites excluding steroid dienone is 1. The zero-order chi connectivity index (χ0) is 15.1. The minimum absolute atomic E-state index is 0.127. The quantitative estimate of drug-likeness (QED) is 0.384. The predicted octanol–water partition coefficient (Wildman–Crippen LogP) is -0.0235. The molecule has 4 atom stereocenters. The van der Waals surface area contributed by atoms with Crippen LogP contribution in [0.1, 0.15) is 13.3 Å². The van der Waals surface area contributed by atoms with Crippen LogP contribution >= 0.6 is 0 Å². The topological polar surface area (TPSA) is 110 Å². The number of aliphatic carboxylic acids is 1. The fraction of sp³-hybridized carbons (Fsp3) is 0.615. The average Bonchev–Trinajstić information content (AvgIpc) is 2.40. The molecule has 1 aliphatic rings. The number of ether oxygens (including phenoxy) is 2. The number of esters is 1. The van der Waals surface area contributed by atoms with Crippen molar-refractivity contribution in [3.63, 3.8) is 0 Å². The maximum absolute atomic E-state index is 11.5. The van der Waals surface area contributed by atoms with E-state index in [9.17, 15) is 19.5 Å². The second-order valence-corrected chi connectivity index (χ2v) is 4.62. The second-order valence-electron chi connectivity index (χ2n) is 4.62. The summed E-state index contributed by atoms with van der Waals surface area (Å²) in [6.07, 6.45) is 2.40. The Morgan fingerprint density at radius 2 is 2.05 bits per heavy atom. The van der Waals surface area contributed by atoms with Crippen LogP contribution in [0.25, 0.3) is 0 Å². The number of aliphatic hydroxyl groups excluding tert-OH is 1. The maximum Gasteiger partial charge on any atom is 0.310 e. The zero-order valence-electron chi connectivity index (χ0n) is 11.1. The van der Waals surface area contributed by atoms with Crippen LogP contribution in [-0.2, 0) is 23.9 Å². The van der Waals surface area contributed by atoms with Gasteiger partial charge in [0.15, 0.2) is 0 Å². The second kappa shape index (κ2) is 7.64. The molecule has 0 saturated carbocycles. The number of carboxylic acid groups (broad SMARTS) is 1. The molecule has 7 heteroatoms. The average molecular weight is 286 g/mol. The largest absolute Gasteiger partial charge is 0.481 e. The van der Waals surface area contributed by atoms with Gasteiger partial charge in [-0.2, -0.15) is 0 Å². The van der Waals surface area contributed by atoms with Gasteiger partial charge in [-0.25, -0.2) is 0 Å². The van der Waals surface area contributed by atoms with Gasteiger partial charge in [0.25, 0.3) is 6.47 Å². The van der Waals surface area contributed by atoms with Crippen molar-refractivity contribution in [2.24, 2.45) is 17.8 Å². The molecular weight excluding hydrogens is 268 g/mol. The van der Waals surface area contributed by atoms with E-state index in [1.807, 2.05) is 0 Å². The summed E-state index contributed by atoms with van der Waals surface area (Å²) in [5.41, 5.74) is 0. The Bertz CT molecular complexity index is 390. The summed E-state index contributed by atoms with van der Waals surface area (Å²) in [4.78, 5) is 33.4. The number of aliphatic hydroxyl groups is 1. The lowest BCUT2D eigenvalue weighted by molar-refractivity contribution is -0.157. The normalized spacial score (nSPS) is 28.7. The molecule has 0 spiro atoms. The van der Waals surface area contributed by atoms with Crippen molar-refractivity contribution < 1.29 is 34.1 Å².